The molecule has 152 valence electrons. The molecule has 1 aliphatic carbocycles. The summed E-state index contributed by atoms with van der Waals surface area (Å²) in [7, 11) is 1.65. The maximum atomic E-state index is 11.9. The molecular weight excluding hydrogens is 386 g/mol. The molecule has 0 radical (unpaired) electrons. The van der Waals surface area contributed by atoms with Crippen LogP contribution in [-0.2, 0) is 9.59 Å². The quantitative estimate of drug-likeness (QED) is 0.484. The molecule has 3 aromatic rings. The average molecular weight is 407 g/mol. The van der Waals surface area contributed by atoms with Crippen LogP contribution in [0.3, 0.4) is 0 Å². The van der Waals surface area contributed by atoms with E-state index in [1.165, 1.54) is 18.2 Å². The number of allylic oxidation sites excluding steroid dienone is 5. The molecule has 0 saturated carbocycles. The Morgan fingerprint density at radius 3 is 1.97 bits per heavy atom. The number of rotatable bonds is 6. The van der Waals surface area contributed by atoms with Gasteiger partial charge in [-0.1, -0.05) is 42.5 Å². The zero-order valence-corrected chi connectivity index (χ0v) is 17.1. The minimum absolute atomic E-state index is 0.165. The van der Waals surface area contributed by atoms with Gasteiger partial charge in [0.05, 0.1) is 7.11 Å². The van der Waals surface area contributed by atoms with Gasteiger partial charge in [-0.25, -0.2) is 0 Å². The summed E-state index contributed by atoms with van der Waals surface area (Å²) in [6, 6.07) is 26.1. The summed E-state index contributed by atoms with van der Waals surface area (Å²) >= 11 is 0. The third-order valence-electron chi connectivity index (χ3n) is 4.93. The SMILES string of the molecule is COc1ccc(N(c2ccccc2)c2ccc(/C=C/C3=CC(=O)C=CC3=O)cc2)cc1. The number of ether oxygens (including phenoxy) is 1. The van der Waals surface area contributed by atoms with E-state index in [0.717, 1.165) is 28.4 Å². The van der Waals surface area contributed by atoms with Gasteiger partial charge >= 0.3 is 0 Å². The minimum Gasteiger partial charge on any atom is -0.497 e. The molecule has 3 aromatic carbocycles. The third-order valence-corrected chi connectivity index (χ3v) is 4.93. The molecule has 0 N–H and O–H groups in total. The van der Waals surface area contributed by atoms with Crippen molar-refractivity contribution in [2.24, 2.45) is 0 Å². The first kappa shape index (κ1) is 20.1. The lowest BCUT2D eigenvalue weighted by Crippen LogP contribution is -2.09. The van der Waals surface area contributed by atoms with Crippen molar-refractivity contribution in [3.05, 3.63) is 114 Å². The van der Waals surface area contributed by atoms with Crippen LogP contribution in [0.4, 0.5) is 17.1 Å². The molecule has 0 aromatic heterocycles. The van der Waals surface area contributed by atoms with E-state index in [9.17, 15) is 9.59 Å². The molecule has 0 bridgehead atoms. The van der Waals surface area contributed by atoms with Crippen molar-refractivity contribution in [3.63, 3.8) is 0 Å². The van der Waals surface area contributed by atoms with Crippen LogP contribution in [0.15, 0.2) is 109 Å². The molecule has 0 saturated heterocycles. The van der Waals surface area contributed by atoms with E-state index in [1.807, 2.05) is 72.8 Å². The fraction of sp³-hybridized carbons (Fsp3) is 0.0370. The van der Waals surface area contributed by atoms with Crippen LogP contribution >= 0.6 is 0 Å². The van der Waals surface area contributed by atoms with Crippen molar-refractivity contribution in [3.8, 4) is 5.75 Å². The average Bonchev–Trinajstić information content (AvgIpc) is 2.82. The largest absolute Gasteiger partial charge is 0.497 e. The number of ketones is 2. The van der Waals surface area contributed by atoms with Gasteiger partial charge in [0.2, 0.25) is 0 Å². The fourth-order valence-corrected chi connectivity index (χ4v) is 3.33. The minimum atomic E-state index is -0.174. The molecule has 0 fully saturated rings. The van der Waals surface area contributed by atoms with Gasteiger partial charge in [-0.2, -0.15) is 0 Å². The van der Waals surface area contributed by atoms with Crippen LogP contribution in [0.1, 0.15) is 5.56 Å². The molecule has 0 amide bonds. The van der Waals surface area contributed by atoms with Crippen LogP contribution in [0.2, 0.25) is 0 Å². The number of nitrogens with zero attached hydrogens (tertiary/aromatic N) is 1. The summed E-state index contributed by atoms with van der Waals surface area (Å²) in [6.07, 6.45) is 7.45. The van der Waals surface area contributed by atoms with E-state index in [1.54, 1.807) is 13.2 Å². The molecular formula is C27H21NO3. The predicted octanol–water partition coefficient (Wildman–Crippen LogP) is 5.81. The lowest BCUT2D eigenvalue weighted by Gasteiger charge is -2.25. The number of para-hydroxylation sites is 1. The van der Waals surface area contributed by atoms with E-state index in [2.05, 4.69) is 17.0 Å². The van der Waals surface area contributed by atoms with Gasteiger partial charge in [-0.05, 0) is 72.3 Å². The van der Waals surface area contributed by atoms with Crippen LogP contribution in [0.25, 0.3) is 6.08 Å². The van der Waals surface area contributed by atoms with Crippen molar-refractivity contribution in [2.45, 2.75) is 0 Å². The monoisotopic (exact) mass is 407 g/mol. The number of carbonyl (C=O) groups excluding carboxylic acids is 2. The fourth-order valence-electron chi connectivity index (χ4n) is 3.33. The standard InChI is InChI=1S/C27H21NO3/c1-31-26-16-13-24(14-17-26)28(22-5-3-2-4-6-22)23-11-8-20(9-12-23)7-10-21-19-25(29)15-18-27(21)30/h2-19H,1H3/b10-7+. The lowest BCUT2D eigenvalue weighted by atomic mass is 10.0. The predicted molar refractivity (Wildman–Crippen MR) is 124 cm³/mol. The summed E-state index contributed by atoms with van der Waals surface area (Å²) in [5.74, 6) is 0.465. The van der Waals surface area contributed by atoms with E-state index in [4.69, 9.17) is 4.74 Å². The number of anilines is 3. The summed E-state index contributed by atoms with van der Waals surface area (Å²) in [5.41, 5.74) is 4.38. The van der Waals surface area contributed by atoms with Gasteiger partial charge in [-0.3, -0.25) is 9.59 Å². The summed E-state index contributed by atoms with van der Waals surface area (Å²) < 4.78 is 5.29. The molecule has 0 unspecified atom stereocenters. The Bertz CT molecular complexity index is 1170. The summed E-state index contributed by atoms with van der Waals surface area (Å²) in [4.78, 5) is 25.5. The molecule has 0 aliphatic heterocycles. The summed E-state index contributed by atoms with van der Waals surface area (Å²) in [6.45, 7) is 0. The van der Waals surface area contributed by atoms with E-state index in [-0.39, 0.29) is 11.6 Å². The van der Waals surface area contributed by atoms with Gasteiger partial charge in [0.15, 0.2) is 11.6 Å². The molecule has 4 nitrogen and oxygen atoms in total. The van der Waals surface area contributed by atoms with Gasteiger partial charge < -0.3 is 9.64 Å². The van der Waals surface area contributed by atoms with Gasteiger partial charge in [-0.15, -0.1) is 0 Å². The van der Waals surface area contributed by atoms with Gasteiger partial charge in [0.25, 0.3) is 0 Å². The van der Waals surface area contributed by atoms with Crippen LogP contribution in [0.5, 0.6) is 5.75 Å². The zero-order valence-electron chi connectivity index (χ0n) is 17.1. The topological polar surface area (TPSA) is 46.6 Å². The number of carbonyl (C=O) groups is 2. The number of hydrogen-bond donors (Lipinski definition) is 0. The highest BCUT2D eigenvalue weighted by Crippen LogP contribution is 2.35. The number of methoxy groups -OCH3 is 1. The highest BCUT2D eigenvalue weighted by Gasteiger charge is 2.13. The van der Waals surface area contributed by atoms with E-state index >= 15 is 0 Å². The van der Waals surface area contributed by atoms with Crippen LogP contribution < -0.4 is 9.64 Å². The highest BCUT2D eigenvalue weighted by atomic mass is 16.5. The lowest BCUT2D eigenvalue weighted by molar-refractivity contribution is -0.114. The van der Waals surface area contributed by atoms with Gasteiger partial charge in [0, 0.05) is 22.6 Å². The Hall–Kier alpha value is -4.18. The molecule has 0 heterocycles. The smallest absolute Gasteiger partial charge is 0.186 e. The Morgan fingerprint density at radius 1 is 0.710 bits per heavy atom. The van der Waals surface area contributed by atoms with Crippen LogP contribution in [0, 0.1) is 0 Å². The molecule has 4 rings (SSSR count). The first-order valence-electron chi connectivity index (χ1n) is 9.89. The van der Waals surface area contributed by atoms with E-state index < -0.39 is 0 Å². The van der Waals surface area contributed by atoms with E-state index in [0.29, 0.717) is 5.57 Å². The number of benzene rings is 3. The Kier molecular flexibility index (Phi) is 5.90. The van der Waals surface area contributed by atoms with Crippen LogP contribution in [-0.4, -0.2) is 18.7 Å². The Labute approximate surface area is 181 Å². The third kappa shape index (κ3) is 4.70. The number of hydrogen-bond acceptors (Lipinski definition) is 4. The second kappa shape index (κ2) is 9.09. The van der Waals surface area contributed by atoms with Crippen molar-refractivity contribution < 1.29 is 14.3 Å². The molecule has 0 spiro atoms. The normalized spacial score (nSPS) is 13.4. The summed E-state index contributed by atoms with van der Waals surface area (Å²) in [5, 5.41) is 0. The maximum absolute atomic E-state index is 11.9. The first-order valence-corrected chi connectivity index (χ1v) is 9.89. The molecule has 4 heteroatoms. The van der Waals surface area contributed by atoms with Crippen molar-refractivity contribution in [1.82, 2.24) is 0 Å². The maximum Gasteiger partial charge on any atom is 0.186 e. The van der Waals surface area contributed by atoms with Crippen molar-refractivity contribution >= 4 is 34.7 Å². The Balaban J connectivity index is 1.63. The Morgan fingerprint density at radius 2 is 1.32 bits per heavy atom. The van der Waals surface area contributed by atoms with Crippen molar-refractivity contribution in [1.29, 1.82) is 0 Å². The second-order valence-corrected chi connectivity index (χ2v) is 6.99. The second-order valence-electron chi connectivity index (χ2n) is 6.99. The molecule has 0 atom stereocenters. The molecule has 1 aliphatic rings. The highest BCUT2D eigenvalue weighted by molar-refractivity contribution is 6.18. The van der Waals surface area contributed by atoms with Gasteiger partial charge in [0.1, 0.15) is 5.75 Å². The zero-order chi connectivity index (χ0) is 21.6. The first-order chi connectivity index (χ1) is 15.1. The molecule has 31 heavy (non-hydrogen) atoms. The van der Waals surface area contributed by atoms with Crippen molar-refractivity contribution in [2.75, 3.05) is 12.0 Å².